The first-order valence-corrected chi connectivity index (χ1v) is 10.8. The van der Waals surface area contributed by atoms with Crippen LogP contribution in [0.25, 0.3) is 0 Å². The molecule has 0 aromatic rings. The molecule has 1 saturated heterocycles. The van der Waals surface area contributed by atoms with Gasteiger partial charge in [-0.15, -0.1) is 0 Å². The Balaban J connectivity index is 0.000000609. The van der Waals surface area contributed by atoms with Crippen molar-refractivity contribution in [3.05, 3.63) is 0 Å². The third kappa shape index (κ3) is 12.6. The topological polar surface area (TPSA) is 57.6 Å². The maximum atomic E-state index is 10.7. The number of hydrogen-bond donors (Lipinski definition) is 1. The molecule has 152 valence electrons. The number of hydrogen-bond acceptors (Lipinski definition) is 3. The summed E-state index contributed by atoms with van der Waals surface area (Å²) in [6, 6.07) is 0. The number of rotatable bonds is 10. The van der Waals surface area contributed by atoms with Crippen LogP contribution in [0.1, 0.15) is 78.1 Å². The number of nitrogens with zero attached hydrogens (tertiary/aromatic N) is 1. The molecule has 0 bridgehead atoms. The molecule has 1 unspecified atom stereocenters. The van der Waals surface area contributed by atoms with E-state index in [9.17, 15) is 13.2 Å². The van der Waals surface area contributed by atoms with Gasteiger partial charge in [-0.25, -0.2) is 0 Å². The van der Waals surface area contributed by atoms with Gasteiger partial charge >= 0.3 is 15.6 Å². The molecule has 0 amide bonds. The molecule has 1 aliphatic rings. The highest BCUT2D eigenvalue weighted by molar-refractivity contribution is 7.86. The Hall–Kier alpha value is -0.340. The smallest absolute Gasteiger partial charge is 0.303 e. The zero-order valence-corrected chi connectivity index (χ0v) is 16.3. The summed E-state index contributed by atoms with van der Waals surface area (Å²) in [6.45, 7) is 8.75. The Morgan fingerprint density at radius 1 is 1.00 bits per heavy atom. The maximum Gasteiger partial charge on any atom is 0.522 e. The lowest BCUT2D eigenvalue weighted by molar-refractivity contribution is -0.0510. The van der Waals surface area contributed by atoms with Gasteiger partial charge in [0.1, 0.15) is 0 Å². The molecular formula is C17H34F3NO3S. The molecule has 25 heavy (non-hydrogen) atoms. The standard InChI is InChI=1S/C16H33N.CHF3O3S/c1-3-5-7-8-9-10-13-17-14-12-16(15-17)11-6-4-2;2-1(3,4)8(5,6)7/h16H,3-15H2,1-2H3;(H,5,6,7). The van der Waals surface area contributed by atoms with E-state index >= 15 is 0 Å². The van der Waals surface area contributed by atoms with E-state index in [0.717, 1.165) is 5.92 Å². The molecule has 1 atom stereocenters. The minimum atomic E-state index is -5.84. The predicted molar refractivity (Wildman–Crippen MR) is 95.1 cm³/mol. The van der Waals surface area contributed by atoms with Gasteiger partial charge in [-0.1, -0.05) is 58.8 Å². The summed E-state index contributed by atoms with van der Waals surface area (Å²) in [5, 5.41) is 0. The molecule has 1 N–H and O–H groups in total. The van der Waals surface area contributed by atoms with Crippen molar-refractivity contribution < 1.29 is 26.1 Å². The van der Waals surface area contributed by atoms with Crippen molar-refractivity contribution in [2.24, 2.45) is 5.92 Å². The van der Waals surface area contributed by atoms with E-state index in [1.807, 2.05) is 0 Å². The van der Waals surface area contributed by atoms with Gasteiger partial charge in [0.25, 0.3) is 0 Å². The Morgan fingerprint density at radius 2 is 1.52 bits per heavy atom. The second kappa shape index (κ2) is 12.9. The van der Waals surface area contributed by atoms with Crippen LogP contribution >= 0.6 is 0 Å². The van der Waals surface area contributed by atoms with Crippen LogP contribution < -0.4 is 0 Å². The highest BCUT2D eigenvalue weighted by atomic mass is 32.2. The van der Waals surface area contributed by atoms with Crippen LogP contribution in [0.15, 0.2) is 0 Å². The summed E-state index contributed by atoms with van der Waals surface area (Å²) in [6.07, 6.45) is 14.4. The molecule has 8 heteroatoms. The zero-order chi connectivity index (χ0) is 19.3. The van der Waals surface area contributed by atoms with Crippen molar-refractivity contribution in [3.63, 3.8) is 0 Å². The molecule has 1 fully saturated rings. The fraction of sp³-hybridized carbons (Fsp3) is 1.00. The highest BCUT2D eigenvalue weighted by Gasteiger charge is 2.44. The lowest BCUT2D eigenvalue weighted by atomic mass is 10.0. The Labute approximate surface area is 150 Å². The van der Waals surface area contributed by atoms with Gasteiger partial charge in [0.2, 0.25) is 0 Å². The van der Waals surface area contributed by atoms with Gasteiger partial charge in [-0.3, -0.25) is 4.55 Å². The summed E-state index contributed by atoms with van der Waals surface area (Å²) < 4.78 is 57.5. The first-order valence-electron chi connectivity index (χ1n) is 9.37. The average molecular weight is 390 g/mol. The molecule has 4 nitrogen and oxygen atoms in total. The predicted octanol–water partition coefficient (Wildman–Crippen LogP) is 5.25. The highest BCUT2D eigenvalue weighted by Crippen LogP contribution is 2.22. The summed E-state index contributed by atoms with van der Waals surface area (Å²) >= 11 is 0. The van der Waals surface area contributed by atoms with Crippen LogP contribution in [0.4, 0.5) is 13.2 Å². The number of unbranched alkanes of at least 4 members (excludes halogenated alkanes) is 6. The Bertz CT molecular complexity index is 427. The zero-order valence-electron chi connectivity index (χ0n) is 15.5. The number of likely N-dealkylation sites (tertiary alicyclic amines) is 1. The van der Waals surface area contributed by atoms with Gasteiger partial charge in [-0.05, 0) is 38.3 Å². The number of halogens is 3. The van der Waals surface area contributed by atoms with Crippen LogP contribution in [0.3, 0.4) is 0 Å². The summed E-state index contributed by atoms with van der Waals surface area (Å²) in [4.78, 5) is 2.71. The second-order valence-corrected chi connectivity index (χ2v) is 8.20. The molecule has 1 rings (SSSR count). The van der Waals surface area contributed by atoms with E-state index < -0.39 is 15.6 Å². The molecule has 0 aromatic heterocycles. The van der Waals surface area contributed by atoms with Crippen molar-refractivity contribution in [2.45, 2.75) is 83.6 Å². The van der Waals surface area contributed by atoms with Crippen LogP contribution in [-0.4, -0.2) is 43.0 Å². The maximum absolute atomic E-state index is 10.7. The molecular weight excluding hydrogens is 355 g/mol. The third-order valence-corrected chi connectivity index (χ3v) is 5.04. The first-order chi connectivity index (χ1) is 11.6. The molecule has 0 saturated carbocycles. The first kappa shape index (κ1) is 24.7. The minimum Gasteiger partial charge on any atom is -0.303 e. The van der Waals surface area contributed by atoms with Crippen molar-refractivity contribution in [2.75, 3.05) is 19.6 Å². The van der Waals surface area contributed by atoms with Crippen molar-refractivity contribution in [1.82, 2.24) is 4.90 Å². The lowest BCUT2D eigenvalue weighted by Gasteiger charge is -2.15. The van der Waals surface area contributed by atoms with Gasteiger partial charge in [0.15, 0.2) is 0 Å². The van der Waals surface area contributed by atoms with Crippen LogP contribution in [0.5, 0.6) is 0 Å². The quantitative estimate of drug-likeness (QED) is 0.315. The van der Waals surface area contributed by atoms with E-state index in [-0.39, 0.29) is 0 Å². The van der Waals surface area contributed by atoms with E-state index in [1.54, 1.807) is 0 Å². The monoisotopic (exact) mass is 389 g/mol. The molecule has 0 aromatic carbocycles. The van der Waals surface area contributed by atoms with E-state index in [1.165, 1.54) is 83.8 Å². The largest absolute Gasteiger partial charge is 0.522 e. The molecule has 0 radical (unpaired) electrons. The number of alkyl halides is 3. The second-order valence-electron chi connectivity index (χ2n) is 6.79. The third-order valence-electron chi connectivity index (χ3n) is 4.46. The fourth-order valence-corrected chi connectivity index (χ4v) is 2.96. The molecule has 0 spiro atoms. The Kier molecular flexibility index (Phi) is 12.7. The molecule has 1 heterocycles. The fourth-order valence-electron chi connectivity index (χ4n) is 2.96. The Morgan fingerprint density at radius 3 is 2.04 bits per heavy atom. The summed E-state index contributed by atoms with van der Waals surface area (Å²) in [5.41, 5.74) is -5.53. The van der Waals surface area contributed by atoms with Gasteiger partial charge < -0.3 is 4.90 Å². The van der Waals surface area contributed by atoms with E-state index in [2.05, 4.69) is 18.7 Å². The van der Waals surface area contributed by atoms with Crippen LogP contribution in [0.2, 0.25) is 0 Å². The van der Waals surface area contributed by atoms with E-state index in [4.69, 9.17) is 13.0 Å². The van der Waals surface area contributed by atoms with E-state index in [0.29, 0.717) is 0 Å². The van der Waals surface area contributed by atoms with Crippen molar-refractivity contribution >= 4 is 10.1 Å². The summed E-state index contributed by atoms with van der Waals surface area (Å²) in [5.74, 6) is 1.02. The van der Waals surface area contributed by atoms with Crippen LogP contribution in [0, 0.1) is 5.92 Å². The SMILES string of the molecule is CCCCCCCCN1CCC(CCCC)C1.O=S(=O)(O)C(F)(F)F. The summed E-state index contributed by atoms with van der Waals surface area (Å²) in [7, 11) is -5.84. The van der Waals surface area contributed by atoms with Gasteiger partial charge in [0, 0.05) is 6.54 Å². The van der Waals surface area contributed by atoms with Crippen molar-refractivity contribution in [3.8, 4) is 0 Å². The van der Waals surface area contributed by atoms with Gasteiger partial charge in [0.05, 0.1) is 0 Å². The average Bonchev–Trinajstić information content (AvgIpc) is 2.95. The normalized spacial score (nSPS) is 18.9. The minimum absolute atomic E-state index is 1.02. The molecule has 1 aliphatic heterocycles. The van der Waals surface area contributed by atoms with Crippen molar-refractivity contribution in [1.29, 1.82) is 0 Å². The van der Waals surface area contributed by atoms with Crippen LogP contribution in [-0.2, 0) is 10.1 Å². The molecule has 0 aliphatic carbocycles. The van der Waals surface area contributed by atoms with Gasteiger partial charge in [-0.2, -0.15) is 21.6 Å². The lowest BCUT2D eigenvalue weighted by Crippen LogP contribution is -2.21.